The Kier molecular flexibility index (Phi) is 7.40. The van der Waals surface area contributed by atoms with E-state index in [4.69, 9.17) is 10.00 Å². The number of fused-ring (bicyclic) bond motifs is 1. The Bertz CT molecular complexity index is 1700. The first kappa shape index (κ1) is 27.1. The smallest absolute Gasteiger partial charge is 0.279 e. The van der Waals surface area contributed by atoms with E-state index in [1.54, 1.807) is 31.1 Å². The second kappa shape index (κ2) is 10.9. The molecule has 40 heavy (non-hydrogen) atoms. The van der Waals surface area contributed by atoms with Crippen LogP contribution in [0.15, 0.2) is 47.4 Å². The van der Waals surface area contributed by atoms with E-state index in [2.05, 4.69) is 15.3 Å². The molecule has 0 spiro atoms. The average molecular weight is 553 g/mol. The Morgan fingerprint density at radius 1 is 1.10 bits per heavy atom. The molecule has 12 heteroatoms. The lowest BCUT2D eigenvalue weighted by molar-refractivity contribution is 0.111. The van der Waals surface area contributed by atoms with Crippen molar-refractivity contribution >= 4 is 16.7 Å². The van der Waals surface area contributed by atoms with Gasteiger partial charge in [0.25, 0.3) is 12.0 Å². The lowest BCUT2D eigenvalue weighted by Crippen LogP contribution is -2.49. The van der Waals surface area contributed by atoms with Crippen LogP contribution in [0.1, 0.15) is 41.9 Å². The van der Waals surface area contributed by atoms with Crippen LogP contribution in [0, 0.1) is 29.9 Å². The number of rotatable bonds is 6. The molecular formula is C28H24F4N6O2. The molecule has 5 rings (SSSR count). The van der Waals surface area contributed by atoms with Gasteiger partial charge in [0.2, 0.25) is 0 Å². The lowest BCUT2D eigenvalue weighted by atomic mass is 10.0. The minimum atomic E-state index is -2.98. The van der Waals surface area contributed by atoms with Crippen molar-refractivity contribution in [2.24, 2.45) is 0 Å². The molecule has 4 aromatic rings. The number of aromatic nitrogens is 3. The zero-order valence-corrected chi connectivity index (χ0v) is 21.6. The molecular weight excluding hydrogens is 528 g/mol. The zero-order valence-electron chi connectivity index (χ0n) is 21.6. The molecule has 1 saturated heterocycles. The van der Waals surface area contributed by atoms with Gasteiger partial charge in [0.05, 0.1) is 59.9 Å². The monoisotopic (exact) mass is 552 g/mol. The van der Waals surface area contributed by atoms with E-state index in [0.717, 1.165) is 12.1 Å². The number of halogens is 4. The van der Waals surface area contributed by atoms with Crippen LogP contribution in [-0.4, -0.2) is 40.9 Å². The maximum Gasteiger partial charge on any atom is 0.279 e. The highest BCUT2D eigenvalue weighted by molar-refractivity contribution is 5.98. The molecule has 0 bridgehead atoms. The minimum Gasteiger partial charge on any atom is -0.378 e. The van der Waals surface area contributed by atoms with Gasteiger partial charge in [0.1, 0.15) is 29.3 Å². The first-order valence-corrected chi connectivity index (χ1v) is 12.5. The number of nitrogens with one attached hydrogen (secondary N) is 1. The molecule has 8 nitrogen and oxygen atoms in total. The molecule has 1 aliphatic rings. The van der Waals surface area contributed by atoms with Crippen molar-refractivity contribution in [3.8, 4) is 17.2 Å². The highest BCUT2D eigenvalue weighted by Gasteiger charge is 2.24. The van der Waals surface area contributed by atoms with Crippen LogP contribution >= 0.6 is 0 Å². The molecule has 1 fully saturated rings. The third-order valence-corrected chi connectivity index (χ3v) is 6.75. The van der Waals surface area contributed by atoms with E-state index in [0.29, 0.717) is 31.7 Å². The van der Waals surface area contributed by atoms with Crippen LogP contribution < -0.4 is 15.9 Å². The summed E-state index contributed by atoms with van der Waals surface area (Å²) < 4.78 is 63.1. The van der Waals surface area contributed by atoms with Crippen LogP contribution in [0.5, 0.6) is 0 Å². The Hall–Kier alpha value is -4.50. The third kappa shape index (κ3) is 4.96. The molecule has 0 unspecified atom stereocenters. The van der Waals surface area contributed by atoms with Crippen LogP contribution in [0.2, 0.25) is 0 Å². The molecule has 1 N–H and O–H groups in total. The summed E-state index contributed by atoms with van der Waals surface area (Å²) in [5.41, 5.74) is -0.831. The van der Waals surface area contributed by atoms with Gasteiger partial charge in [0, 0.05) is 11.8 Å². The van der Waals surface area contributed by atoms with Gasteiger partial charge in [0.15, 0.2) is 0 Å². The Morgan fingerprint density at radius 2 is 1.82 bits per heavy atom. The fourth-order valence-electron chi connectivity index (χ4n) is 4.76. The van der Waals surface area contributed by atoms with Crippen molar-refractivity contribution in [1.29, 1.82) is 5.26 Å². The van der Waals surface area contributed by atoms with Gasteiger partial charge >= 0.3 is 0 Å². The summed E-state index contributed by atoms with van der Waals surface area (Å²) in [4.78, 5) is 22.8. The van der Waals surface area contributed by atoms with Crippen LogP contribution in [0.4, 0.5) is 23.4 Å². The molecule has 3 heterocycles. The highest BCUT2D eigenvalue weighted by atomic mass is 19.3. The number of benzene rings is 2. The van der Waals surface area contributed by atoms with E-state index >= 15 is 0 Å². The van der Waals surface area contributed by atoms with Gasteiger partial charge in [-0.1, -0.05) is 24.3 Å². The summed E-state index contributed by atoms with van der Waals surface area (Å²) in [6.45, 7) is 4.79. The summed E-state index contributed by atoms with van der Waals surface area (Å²) in [6.07, 6.45) is -1.43. The number of ether oxygens (including phenoxy) is 1. The fraction of sp³-hybridized carbons (Fsp3) is 0.286. The number of pyridine rings is 1. The standard InChI is InChI=1S/C28H24F4N6O2/c1-15(19-4-3-5-20(24(19)30)26(31)32)34-27-21-14-38(37-8-10-40-11-9-37)28(39)23(25(21)35-16(2)36-27)17-6-7-18(13-33)22(29)12-17/h3-7,12,14-15,26H,8-11H2,1-2H3,(H,34,35,36)/t15-/m1/s1. The van der Waals surface area contributed by atoms with Crippen molar-refractivity contribution in [2.75, 3.05) is 36.6 Å². The molecule has 2 aromatic carbocycles. The minimum absolute atomic E-state index is 0.0121. The molecule has 1 aliphatic heterocycles. The first-order valence-electron chi connectivity index (χ1n) is 12.5. The third-order valence-electron chi connectivity index (χ3n) is 6.75. The summed E-state index contributed by atoms with van der Waals surface area (Å²) in [5, 5.41) is 14.4. The zero-order chi connectivity index (χ0) is 28.6. The van der Waals surface area contributed by atoms with Crippen LogP contribution in [-0.2, 0) is 4.74 Å². The summed E-state index contributed by atoms with van der Waals surface area (Å²) >= 11 is 0. The normalized spacial score (nSPS) is 14.4. The van der Waals surface area contributed by atoms with E-state index in [9.17, 15) is 22.4 Å². The number of aryl methyl sites for hydroxylation is 1. The predicted octanol–water partition coefficient (Wildman–Crippen LogP) is 5.00. The van der Waals surface area contributed by atoms with E-state index < -0.39 is 35.2 Å². The summed E-state index contributed by atoms with van der Waals surface area (Å²) in [5.74, 6) is -1.31. The molecule has 0 aliphatic carbocycles. The lowest BCUT2D eigenvalue weighted by Gasteiger charge is -2.31. The van der Waals surface area contributed by atoms with E-state index in [1.807, 2.05) is 0 Å². The second-order valence-electron chi connectivity index (χ2n) is 9.33. The maximum absolute atomic E-state index is 14.9. The van der Waals surface area contributed by atoms with Crippen LogP contribution in [0.25, 0.3) is 22.0 Å². The largest absolute Gasteiger partial charge is 0.378 e. The predicted molar refractivity (Wildman–Crippen MR) is 141 cm³/mol. The Balaban J connectivity index is 1.72. The number of nitrogens with zero attached hydrogens (tertiary/aromatic N) is 5. The number of alkyl halides is 2. The Labute approximate surface area is 226 Å². The molecule has 206 valence electrons. The van der Waals surface area contributed by atoms with Crippen molar-refractivity contribution in [3.05, 3.63) is 87.1 Å². The second-order valence-corrected chi connectivity index (χ2v) is 9.33. The summed E-state index contributed by atoms with van der Waals surface area (Å²) in [7, 11) is 0. The van der Waals surface area contributed by atoms with E-state index in [1.165, 1.54) is 28.9 Å². The number of hydrogen-bond acceptors (Lipinski definition) is 7. The highest BCUT2D eigenvalue weighted by Crippen LogP contribution is 2.33. The van der Waals surface area contributed by atoms with Crippen molar-refractivity contribution in [2.45, 2.75) is 26.3 Å². The van der Waals surface area contributed by atoms with Crippen molar-refractivity contribution < 1.29 is 22.3 Å². The van der Waals surface area contributed by atoms with Crippen molar-refractivity contribution in [3.63, 3.8) is 0 Å². The first-order chi connectivity index (χ1) is 19.2. The molecule has 0 radical (unpaired) electrons. The average Bonchev–Trinajstić information content (AvgIpc) is 2.93. The maximum atomic E-state index is 14.9. The molecule has 1 atom stereocenters. The molecule has 2 aromatic heterocycles. The SMILES string of the molecule is Cc1nc(N[C@H](C)c2cccc(C(F)F)c2F)c2cn(N3CCOCC3)c(=O)c(-c3ccc(C#N)c(F)c3)c2n1. The summed E-state index contributed by atoms with van der Waals surface area (Å²) in [6, 6.07) is 8.63. The van der Waals surface area contributed by atoms with Crippen molar-refractivity contribution in [1.82, 2.24) is 14.6 Å². The molecule has 0 amide bonds. The van der Waals surface area contributed by atoms with Gasteiger partial charge in [-0.3, -0.25) is 4.79 Å². The van der Waals surface area contributed by atoms with E-state index in [-0.39, 0.29) is 39.4 Å². The number of nitriles is 1. The number of anilines is 1. The number of morpholine rings is 1. The number of hydrogen-bond donors (Lipinski definition) is 1. The van der Waals surface area contributed by atoms with Gasteiger partial charge in [-0.15, -0.1) is 0 Å². The Morgan fingerprint density at radius 3 is 2.50 bits per heavy atom. The van der Waals surface area contributed by atoms with Gasteiger partial charge < -0.3 is 15.1 Å². The van der Waals surface area contributed by atoms with Crippen LogP contribution in [0.3, 0.4) is 0 Å². The quantitative estimate of drug-likeness (QED) is 0.337. The van der Waals surface area contributed by atoms with Gasteiger partial charge in [-0.25, -0.2) is 32.2 Å². The van der Waals surface area contributed by atoms with Gasteiger partial charge in [-0.05, 0) is 31.5 Å². The fourth-order valence-corrected chi connectivity index (χ4v) is 4.76. The van der Waals surface area contributed by atoms with Gasteiger partial charge in [-0.2, -0.15) is 5.26 Å². The molecule has 0 saturated carbocycles. The topological polar surface area (TPSA) is 96.1 Å².